The Morgan fingerprint density at radius 3 is 2.29 bits per heavy atom. The van der Waals surface area contributed by atoms with Gasteiger partial charge in [0, 0.05) is 12.7 Å². The zero-order valence-corrected chi connectivity index (χ0v) is 19.2. The van der Waals surface area contributed by atoms with Gasteiger partial charge < -0.3 is 5.32 Å². The summed E-state index contributed by atoms with van der Waals surface area (Å²) in [5.41, 5.74) is 6.72. The highest BCUT2D eigenvalue weighted by Gasteiger charge is 2.22. The Balaban J connectivity index is 0.000000785. The van der Waals surface area contributed by atoms with Crippen LogP contribution in [0.3, 0.4) is 0 Å². The van der Waals surface area contributed by atoms with E-state index in [9.17, 15) is 4.39 Å². The number of anilines is 1. The van der Waals surface area contributed by atoms with Crippen LogP contribution < -0.4 is 5.32 Å². The summed E-state index contributed by atoms with van der Waals surface area (Å²) in [6.45, 7) is 5.18. The molecule has 0 aromatic heterocycles. The number of carbonyl (C=O) groups is 1. The molecule has 1 fully saturated rings. The molecule has 168 valence electrons. The van der Waals surface area contributed by atoms with Crippen molar-refractivity contribution in [3.05, 3.63) is 66.2 Å². The maximum atomic E-state index is 12.3. The number of hydrogen-bond acceptors (Lipinski definition) is 2. The molecule has 0 unspecified atom stereocenters. The zero-order chi connectivity index (χ0) is 22.5. The molecule has 31 heavy (non-hydrogen) atoms. The summed E-state index contributed by atoms with van der Waals surface area (Å²) < 4.78 is 12.3. The summed E-state index contributed by atoms with van der Waals surface area (Å²) in [7, 11) is 1.97. The van der Waals surface area contributed by atoms with E-state index in [1.807, 2.05) is 7.05 Å². The highest BCUT2D eigenvalue weighted by atomic mass is 19.1. The zero-order valence-electron chi connectivity index (χ0n) is 19.2. The standard InChI is InChI=1S/C25H34FN.C3H4O/c1-3-20-18-24(27-2)15-16-25(20)23-13-11-22(12-14-23)21-9-7-19(8-10-21)6-4-5-17-26;1-2-3-4/h11-16,18-19,21,27H,3-10,17H2,1-2H3;2-3H,1H2. The predicted molar refractivity (Wildman–Crippen MR) is 132 cm³/mol. The summed E-state index contributed by atoms with van der Waals surface area (Å²) >= 11 is 0. The van der Waals surface area contributed by atoms with Gasteiger partial charge in [-0.25, -0.2) is 0 Å². The number of aryl methyl sites for hydroxylation is 1. The molecule has 0 heterocycles. The molecule has 0 radical (unpaired) electrons. The van der Waals surface area contributed by atoms with Gasteiger partial charge in [0.15, 0.2) is 0 Å². The number of rotatable bonds is 9. The summed E-state index contributed by atoms with van der Waals surface area (Å²) in [6, 6.07) is 15.9. The Morgan fingerprint density at radius 2 is 1.74 bits per heavy atom. The third-order valence-electron chi connectivity index (χ3n) is 6.41. The SMILES string of the molecule is C=CC=O.CCc1cc(NC)ccc1-c1ccc(C2CCC(CCCCF)CC2)cc1. The monoisotopic (exact) mass is 423 g/mol. The highest BCUT2D eigenvalue weighted by Crippen LogP contribution is 2.38. The molecule has 0 amide bonds. The maximum absolute atomic E-state index is 12.3. The average molecular weight is 424 g/mol. The van der Waals surface area contributed by atoms with E-state index in [1.165, 1.54) is 66.1 Å². The molecular formula is C28H38FNO. The van der Waals surface area contributed by atoms with Crippen molar-refractivity contribution in [3.63, 3.8) is 0 Å². The lowest BCUT2D eigenvalue weighted by Gasteiger charge is -2.29. The Bertz CT molecular complexity index is 785. The quantitative estimate of drug-likeness (QED) is 0.254. The van der Waals surface area contributed by atoms with E-state index in [2.05, 4.69) is 61.3 Å². The number of unbranched alkanes of at least 4 members (excludes halogenated alkanes) is 1. The number of aldehydes is 1. The second-order valence-corrected chi connectivity index (χ2v) is 8.37. The van der Waals surface area contributed by atoms with Crippen molar-refractivity contribution in [2.24, 2.45) is 5.92 Å². The first-order valence-electron chi connectivity index (χ1n) is 11.7. The molecule has 0 aliphatic heterocycles. The van der Waals surface area contributed by atoms with Gasteiger partial charge in [-0.2, -0.15) is 0 Å². The van der Waals surface area contributed by atoms with Crippen LogP contribution in [0.25, 0.3) is 11.1 Å². The van der Waals surface area contributed by atoms with Crippen molar-refractivity contribution >= 4 is 12.0 Å². The Labute approximate surface area is 188 Å². The van der Waals surface area contributed by atoms with Crippen molar-refractivity contribution < 1.29 is 9.18 Å². The molecule has 1 saturated carbocycles. The molecule has 2 aromatic rings. The Kier molecular flexibility index (Phi) is 11.1. The highest BCUT2D eigenvalue weighted by molar-refractivity contribution is 5.70. The van der Waals surface area contributed by atoms with Gasteiger partial charge >= 0.3 is 0 Å². The van der Waals surface area contributed by atoms with Crippen LogP contribution in [0.15, 0.2) is 55.1 Å². The van der Waals surface area contributed by atoms with Crippen LogP contribution in [0.1, 0.15) is 68.9 Å². The van der Waals surface area contributed by atoms with E-state index in [-0.39, 0.29) is 6.67 Å². The molecule has 0 atom stereocenters. The lowest BCUT2D eigenvalue weighted by atomic mass is 9.77. The third kappa shape index (κ3) is 7.65. The van der Waals surface area contributed by atoms with Gasteiger partial charge in [-0.1, -0.05) is 56.7 Å². The second kappa shape index (κ2) is 13.8. The van der Waals surface area contributed by atoms with E-state index in [4.69, 9.17) is 4.79 Å². The smallest absolute Gasteiger partial charge is 0.142 e. The molecule has 0 bridgehead atoms. The van der Waals surface area contributed by atoms with Crippen LogP contribution >= 0.6 is 0 Å². The molecule has 0 spiro atoms. The molecule has 3 heteroatoms. The number of allylic oxidation sites excluding steroid dienone is 1. The van der Waals surface area contributed by atoms with Gasteiger partial charge in [-0.3, -0.25) is 9.18 Å². The molecule has 2 nitrogen and oxygen atoms in total. The van der Waals surface area contributed by atoms with E-state index in [1.54, 1.807) is 0 Å². The number of halogens is 1. The first-order valence-corrected chi connectivity index (χ1v) is 11.7. The fourth-order valence-electron chi connectivity index (χ4n) is 4.57. The van der Waals surface area contributed by atoms with E-state index < -0.39 is 0 Å². The van der Waals surface area contributed by atoms with Crippen molar-refractivity contribution in [3.8, 4) is 11.1 Å². The van der Waals surface area contributed by atoms with Crippen LogP contribution in [-0.4, -0.2) is 20.0 Å². The number of nitrogens with one attached hydrogen (secondary N) is 1. The topological polar surface area (TPSA) is 29.1 Å². The Morgan fingerprint density at radius 1 is 1.06 bits per heavy atom. The van der Waals surface area contributed by atoms with E-state index in [0.717, 1.165) is 25.2 Å². The van der Waals surface area contributed by atoms with Crippen molar-refractivity contribution in [1.82, 2.24) is 0 Å². The Hall–Kier alpha value is -2.42. The summed E-state index contributed by atoms with van der Waals surface area (Å²) in [6.07, 6.45) is 11.1. The molecule has 2 aromatic carbocycles. The average Bonchev–Trinajstić information content (AvgIpc) is 2.84. The summed E-state index contributed by atoms with van der Waals surface area (Å²) in [4.78, 5) is 9.06. The fourth-order valence-corrected chi connectivity index (χ4v) is 4.57. The van der Waals surface area contributed by atoms with Gasteiger partial charge in [0.1, 0.15) is 6.29 Å². The minimum absolute atomic E-state index is 0.154. The van der Waals surface area contributed by atoms with Gasteiger partial charge in [-0.05, 0) is 90.8 Å². The largest absolute Gasteiger partial charge is 0.388 e. The number of carbonyl (C=O) groups excluding carboxylic acids is 1. The summed E-state index contributed by atoms with van der Waals surface area (Å²) in [5.74, 6) is 1.53. The summed E-state index contributed by atoms with van der Waals surface area (Å²) in [5, 5.41) is 3.23. The van der Waals surface area contributed by atoms with Crippen LogP contribution in [0.2, 0.25) is 0 Å². The second-order valence-electron chi connectivity index (χ2n) is 8.37. The first-order chi connectivity index (χ1) is 15.2. The van der Waals surface area contributed by atoms with E-state index in [0.29, 0.717) is 12.2 Å². The van der Waals surface area contributed by atoms with Gasteiger partial charge in [0.2, 0.25) is 0 Å². The maximum Gasteiger partial charge on any atom is 0.142 e. The van der Waals surface area contributed by atoms with Crippen molar-refractivity contribution in [2.45, 2.75) is 64.2 Å². The van der Waals surface area contributed by atoms with E-state index >= 15 is 0 Å². The van der Waals surface area contributed by atoms with Crippen LogP contribution in [0.4, 0.5) is 10.1 Å². The minimum Gasteiger partial charge on any atom is -0.388 e. The van der Waals surface area contributed by atoms with Gasteiger partial charge in [0.25, 0.3) is 0 Å². The molecule has 0 saturated heterocycles. The van der Waals surface area contributed by atoms with Crippen LogP contribution in [0.5, 0.6) is 0 Å². The molecule has 1 N–H and O–H groups in total. The molecule has 1 aliphatic carbocycles. The van der Waals surface area contributed by atoms with Crippen molar-refractivity contribution in [2.75, 3.05) is 19.0 Å². The number of alkyl halides is 1. The number of benzene rings is 2. The minimum atomic E-state index is -0.154. The lowest BCUT2D eigenvalue weighted by molar-refractivity contribution is -0.104. The molecule has 3 rings (SSSR count). The lowest BCUT2D eigenvalue weighted by Crippen LogP contribution is -2.13. The predicted octanol–water partition coefficient (Wildman–Crippen LogP) is 7.74. The molecule has 1 aliphatic rings. The van der Waals surface area contributed by atoms with Crippen LogP contribution in [0, 0.1) is 5.92 Å². The van der Waals surface area contributed by atoms with Gasteiger partial charge in [-0.15, -0.1) is 0 Å². The fraction of sp³-hybridized carbons (Fsp3) is 0.464. The molecular weight excluding hydrogens is 385 g/mol. The first kappa shape index (κ1) is 24.8. The van der Waals surface area contributed by atoms with Crippen LogP contribution in [-0.2, 0) is 11.2 Å². The normalized spacial score (nSPS) is 17.9. The van der Waals surface area contributed by atoms with Crippen molar-refractivity contribution in [1.29, 1.82) is 0 Å². The van der Waals surface area contributed by atoms with Gasteiger partial charge in [0.05, 0.1) is 6.67 Å². The number of hydrogen-bond donors (Lipinski definition) is 1. The third-order valence-corrected chi connectivity index (χ3v) is 6.41.